The van der Waals surface area contributed by atoms with Gasteiger partial charge in [-0.15, -0.1) is 0 Å². The Balaban J connectivity index is 1.27. The lowest BCUT2D eigenvalue weighted by Crippen LogP contribution is -2.64. The number of likely N-dealkylation sites (N-methyl/N-ethyl adjacent to an activating group) is 1. The second-order valence-electron chi connectivity index (χ2n) is 7.21. The Morgan fingerprint density at radius 3 is 2.84 bits per heavy atom. The van der Waals surface area contributed by atoms with E-state index in [1.807, 2.05) is 23.2 Å². The highest BCUT2D eigenvalue weighted by atomic mass is 16.5. The first-order valence-electron chi connectivity index (χ1n) is 8.77. The summed E-state index contributed by atoms with van der Waals surface area (Å²) in [6.45, 7) is 3.36. The van der Waals surface area contributed by atoms with Gasteiger partial charge in [-0.3, -0.25) is 14.4 Å². The zero-order chi connectivity index (χ0) is 17.3. The molecule has 0 N–H and O–H groups in total. The third-order valence-corrected chi connectivity index (χ3v) is 5.25. The first-order chi connectivity index (χ1) is 12.1. The fourth-order valence-corrected chi connectivity index (χ4v) is 3.78. The highest BCUT2D eigenvalue weighted by Crippen LogP contribution is 2.37. The summed E-state index contributed by atoms with van der Waals surface area (Å²) in [4.78, 5) is 16.5. The number of aromatic nitrogens is 2. The Hall–Kier alpha value is -2.18. The number of likely N-dealkylation sites (tertiary alicyclic amines) is 1. The van der Waals surface area contributed by atoms with Crippen LogP contribution in [0.5, 0.6) is 0 Å². The Labute approximate surface area is 148 Å². The van der Waals surface area contributed by atoms with Gasteiger partial charge in [0.2, 0.25) is 5.91 Å². The van der Waals surface area contributed by atoms with Crippen molar-refractivity contribution in [1.29, 1.82) is 0 Å². The van der Waals surface area contributed by atoms with Crippen molar-refractivity contribution < 1.29 is 9.53 Å². The van der Waals surface area contributed by atoms with Gasteiger partial charge in [0.1, 0.15) is 12.1 Å². The van der Waals surface area contributed by atoms with Crippen molar-refractivity contribution in [3.05, 3.63) is 54.4 Å². The van der Waals surface area contributed by atoms with Crippen molar-refractivity contribution in [2.24, 2.45) is 0 Å². The van der Waals surface area contributed by atoms with Crippen LogP contribution in [-0.4, -0.2) is 63.9 Å². The predicted octanol–water partition coefficient (Wildman–Crippen LogP) is 1.38. The lowest BCUT2D eigenvalue weighted by Gasteiger charge is -2.47. The van der Waals surface area contributed by atoms with Gasteiger partial charge in [0.15, 0.2) is 0 Å². The molecule has 0 saturated carbocycles. The lowest BCUT2D eigenvalue weighted by molar-refractivity contribution is -0.158. The minimum absolute atomic E-state index is 0.110. The van der Waals surface area contributed by atoms with Gasteiger partial charge < -0.3 is 9.64 Å². The molecule has 3 heterocycles. The minimum Gasteiger partial charge on any atom is -0.370 e. The number of rotatable bonds is 5. The van der Waals surface area contributed by atoms with Crippen LogP contribution >= 0.6 is 0 Å². The summed E-state index contributed by atoms with van der Waals surface area (Å²) in [7, 11) is 2.15. The Kier molecular flexibility index (Phi) is 4.31. The summed E-state index contributed by atoms with van der Waals surface area (Å²) < 4.78 is 7.77. The van der Waals surface area contributed by atoms with Crippen molar-refractivity contribution >= 4 is 5.91 Å². The van der Waals surface area contributed by atoms with E-state index in [0.717, 1.165) is 19.6 Å². The standard InChI is InChI=1S/C19H24N4O2/c1-21(11-16-6-3-2-4-7-16)17-10-19(25-13-17)14-22(15-19)18(24)12-23-9-5-8-20-23/h2-9,17H,10-15H2,1H3. The van der Waals surface area contributed by atoms with Gasteiger partial charge in [-0.05, 0) is 25.1 Å². The largest absolute Gasteiger partial charge is 0.370 e. The molecule has 1 aromatic carbocycles. The number of hydrogen-bond acceptors (Lipinski definition) is 4. The summed E-state index contributed by atoms with van der Waals surface area (Å²) in [5, 5.41) is 4.09. The molecule has 2 aliphatic rings. The summed E-state index contributed by atoms with van der Waals surface area (Å²) in [6.07, 6.45) is 4.49. The van der Waals surface area contributed by atoms with Crippen molar-refractivity contribution in [2.75, 3.05) is 26.7 Å². The molecule has 6 nitrogen and oxygen atoms in total. The molecule has 25 heavy (non-hydrogen) atoms. The molecule has 2 aromatic rings. The van der Waals surface area contributed by atoms with Crippen molar-refractivity contribution in [3.63, 3.8) is 0 Å². The van der Waals surface area contributed by atoms with Crippen LogP contribution < -0.4 is 0 Å². The predicted molar refractivity (Wildman–Crippen MR) is 93.8 cm³/mol. The van der Waals surface area contributed by atoms with Crippen LogP contribution in [0.1, 0.15) is 12.0 Å². The Bertz CT molecular complexity index is 710. The van der Waals surface area contributed by atoms with Crippen LogP contribution in [-0.2, 0) is 22.6 Å². The number of benzene rings is 1. The third-order valence-electron chi connectivity index (χ3n) is 5.25. The molecule has 0 aliphatic carbocycles. The fourth-order valence-electron chi connectivity index (χ4n) is 3.78. The molecule has 2 aliphatic heterocycles. The molecule has 1 spiro atoms. The van der Waals surface area contributed by atoms with E-state index in [-0.39, 0.29) is 11.5 Å². The zero-order valence-corrected chi connectivity index (χ0v) is 14.5. The number of carbonyl (C=O) groups is 1. The van der Waals surface area contributed by atoms with Crippen molar-refractivity contribution in [3.8, 4) is 0 Å². The smallest absolute Gasteiger partial charge is 0.244 e. The monoisotopic (exact) mass is 340 g/mol. The molecule has 6 heteroatoms. The van der Waals surface area contributed by atoms with Crippen LogP contribution in [0, 0.1) is 0 Å². The summed E-state index contributed by atoms with van der Waals surface area (Å²) >= 11 is 0. The SMILES string of the molecule is CN(Cc1ccccc1)C1COC2(C1)CN(C(=O)Cn1cccn1)C2. The van der Waals surface area contributed by atoms with Crippen LogP contribution in [0.25, 0.3) is 0 Å². The number of carbonyl (C=O) groups excluding carboxylic acids is 1. The maximum atomic E-state index is 12.3. The van der Waals surface area contributed by atoms with Crippen LogP contribution in [0.4, 0.5) is 0 Å². The van der Waals surface area contributed by atoms with Gasteiger partial charge >= 0.3 is 0 Å². The maximum absolute atomic E-state index is 12.3. The first kappa shape index (κ1) is 16.3. The second kappa shape index (κ2) is 6.61. The highest BCUT2D eigenvalue weighted by Gasteiger charge is 2.51. The van der Waals surface area contributed by atoms with E-state index in [4.69, 9.17) is 4.74 Å². The molecule has 132 valence electrons. The van der Waals surface area contributed by atoms with Crippen LogP contribution in [0.3, 0.4) is 0 Å². The number of amides is 1. The van der Waals surface area contributed by atoms with E-state index in [1.165, 1.54) is 5.56 Å². The molecule has 2 saturated heterocycles. The average molecular weight is 340 g/mol. The average Bonchev–Trinajstić information content (AvgIpc) is 3.23. The van der Waals surface area contributed by atoms with E-state index >= 15 is 0 Å². The van der Waals surface area contributed by atoms with Gasteiger partial charge in [0.05, 0.1) is 19.7 Å². The van der Waals surface area contributed by atoms with Gasteiger partial charge in [-0.2, -0.15) is 5.10 Å². The van der Waals surface area contributed by atoms with E-state index < -0.39 is 0 Å². The number of hydrogen-bond donors (Lipinski definition) is 0. The van der Waals surface area contributed by atoms with E-state index in [9.17, 15) is 4.79 Å². The first-order valence-corrected chi connectivity index (χ1v) is 8.77. The quantitative estimate of drug-likeness (QED) is 0.825. The number of ether oxygens (including phenoxy) is 1. The van der Waals surface area contributed by atoms with E-state index in [2.05, 4.69) is 41.3 Å². The van der Waals surface area contributed by atoms with Gasteiger partial charge in [0, 0.05) is 25.0 Å². The number of nitrogens with zero attached hydrogens (tertiary/aromatic N) is 4. The molecule has 0 bridgehead atoms. The van der Waals surface area contributed by atoms with Crippen molar-refractivity contribution in [2.45, 2.75) is 31.2 Å². The Morgan fingerprint density at radius 2 is 2.12 bits per heavy atom. The Morgan fingerprint density at radius 1 is 1.32 bits per heavy atom. The molecule has 1 atom stereocenters. The minimum atomic E-state index is -0.143. The van der Waals surface area contributed by atoms with Crippen molar-refractivity contribution in [1.82, 2.24) is 19.6 Å². The highest BCUT2D eigenvalue weighted by molar-refractivity contribution is 5.77. The molecule has 2 fully saturated rings. The molecular formula is C19H24N4O2. The summed E-state index contributed by atoms with van der Waals surface area (Å²) in [6, 6.07) is 12.7. The van der Waals surface area contributed by atoms with Gasteiger partial charge in [-0.1, -0.05) is 30.3 Å². The second-order valence-corrected chi connectivity index (χ2v) is 7.21. The van der Waals surface area contributed by atoms with Crippen LogP contribution in [0.15, 0.2) is 48.8 Å². The van der Waals surface area contributed by atoms with E-state index in [1.54, 1.807) is 10.9 Å². The third kappa shape index (κ3) is 3.45. The molecule has 4 rings (SSSR count). The molecule has 1 unspecified atom stereocenters. The molecule has 1 amide bonds. The zero-order valence-electron chi connectivity index (χ0n) is 14.5. The summed E-state index contributed by atoms with van der Waals surface area (Å²) in [5.41, 5.74) is 1.17. The molecule has 0 radical (unpaired) electrons. The lowest BCUT2D eigenvalue weighted by atomic mass is 9.89. The fraction of sp³-hybridized carbons (Fsp3) is 0.474. The van der Waals surface area contributed by atoms with E-state index in [0.29, 0.717) is 25.7 Å². The molecule has 1 aromatic heterocycles. The maximum Gasteiger partial charge on any atom is 0.244 e. The van der Waals surface area contributed by atoms with Crippen LogP contribution in [0.2, 0.25) is 0 Å². The topological polar surface area (TPSA) is 50.6 Å². The van der Waals surface area contributed by atoms with Gasteiger partial charge in [0.25, 0.3) is 0 Å². The van der Waals surface area contributed by atoms with Gasteiger partial charge in [-0.25, -0.2) is 0 Å². The normalized spacial score (nSPS) is 21.7. The summed E-state index contributed by atoms with van der Waals surface area (Å²) in [5.74, 6) is 0.110. The molecular weight excluding hydrogens is 316 g/mol.